The van der Waals surface area contributed by atoms with E-state index in [-0.39, 0.29) is 5.54 Å². The molecule has 0 spiro atoms. The number of carboxylic acid groups (broad SMARTS) is 1. The maximum atomic E-state index is 10.9. The topological polar surface area (TPSA) is 49.3 Å². The standard InChI is InChI=1S/C17H25NO2/c1-13(16(19)20)15-8-6-14(7-9-15)12-18-17(2)10-4-3-5-11-17/h6-9,13,18H,3-5,10-12H2,1-2H3,(H,19,20). The number of hydrogen-bond acceptors (Lipinski definition) is 2. The van der Waals surface area contributed by atoms with Gasteiger partial charge in [-0.2, -0.15) is 0 Å². The molecule has 1 saturated carbocycles. The van der Waals surface area contributed by atoms with Crippen LogP contribution in [0.2, 0.25) is 0 Å². The van der Waals surface area contributed by atoms with Gasteiger partial charge in [-0.15, -0.1) is 0 Å². The summed E-state index contributed by atoms with van der Waals surface area (Å²) in [7, 11) is 0. The van der Waals surface area contributed by atoms with Crippen molar-refractivity contribution >= 4 is 5.97 Å². The lowest BCUT2D eigenvalue weighted by molar-refractivity contribution is -0.138. The summed E-state index contributed by atoms with van der Waals surface area (Å²) in [6.07, 6.45) is 6.50. The quantitative estimate of drug-likeness (QED) is 0.861. The van der Waals surface area contributed by atoms with Gasteiger partial charge in [0.05, 0.1) is 5.92 Å². The van der Waals surface area contributed by atoms with E-state index in [2.05, 4.69) is 12.2 Å². The van der Waals surface area contributed by atoms with Gasteiger partial charge in [0.15, 0.2) is 0 Å². The maximum Gasteiger partial charge on any atom is 0.310 e. The van der Waals surface area contributed by atoms with Crippen LogP contribution < -0.4 is 5.32 Å². The number of nitrogens with one attached hydrogen (secondary N) is 1. The Morgan fingerprint density at radius 1 is 1.25 bits per heavy atom. The molecule has 2 rings (SSSR count). The van der Waals surface area contributed by atoms with Gasteiger partial charge in [-0.05, 0) is 37.8 Å². The molecular formula is C17H25NO2. The normalized spacial score (nSPS) is 19.5. The molecule has 0 bridgehead atoms. The predicted molar refractivity (Wildman–Crippen MR) is 80.8 cm³/mol. The Morgan fingerprint density at radius 2 is 1.85 bits per heavy atom. The van der Waals surface area contributed by atoms with Crippen LogP contribution in [0.5, 0.6) is 0 Å². The first kappa shape index (κ1) is 15.0. The zero-order valence-corrected chi connectivity index (χ0v) is 12.5. The molecule has 1 aliphatic carbocycles. The second-order valence-electron chi connectivity index (χ2n) is 6.28. The van der Waals surface area contributed by atoms with Gasteiger partial charge in [0, 0.05) is 12.1 Å². The summed E-state index contributed by atoms with van der Waals surface area (Å²) in [6.45, 7) is 4.89. The molecule has 0 aromatic heterocycles. The monoisotopic (exact) mass is 275 g/mol. The average Bonchev–Trinajstić information content (AvgIpc) is 2.46. The molecule has 20 heavy (non-hydrogen) atoms. The third kappa shape index (κ3) is 3.83. The van der Waals surface area contributed by atoms with Gasteiger partial charge in [0.1, 0.15) is 0 Å². The Hall–Kier alpha value is -1.35. The van der Waals surface area contributed by atoms with Crippen LogP contribution in [0.15, 0.2) is 24.3 Å². The highest BCUT2D eigenvalue weighted by Gasteiger charge is 2.25. The lowest BCUT2D eigenvalue weighted by Crippen LogP contribution is -2.43. The van der Waals surface area contributed by atoms with Crippen LogP contribution in [0, 0.1) is 0 Å². The second-order valence-corrected chi connectivity index (χ2v) is 6.28. The smallest absolute Gasteiger partial charge is 0.310 e. The van der Waals surface area contributed by atoms with E-state index in [0.29, 0.717) is 0 Å². The van der Waals surface area contributed by atoms with E-state index in [1.165, 1.54) is 37.7 Å². The molecule has 1 aromatic carbocycles. The lowest BCUT2D eigenvalue weighted by Gasteiger charge is -2.34. The van der Waals surface area contributed by atoms with Crippen molar-refractivity contribution in [2.45, 2.75) is 64.0 Å². The fourth-order valence-electron chi connectivity index (χ4n) is 2.89. The molecule has 0 amide bonds. The molecule has 110 valence electrons. The highest BCUT2D eigenvalue weighted by Crippen LogP contribution is 2.28. The van der Waals surface area contributed by atoms with Crippen LogP contribution in [-0.2, 0) is 11.3 Å². The third-order valence-electron chi connectivity index (χ3n) is 4.53. The minimum absolute atomic E-state index is 0.269. The van der Waals surface area contributed by atoms with Crippen molar-refractivity contribution in [3.8, 4) is 0 Å². The number of carboxylic acids is 1. The third-order valence-corrected chi connectivity index (χ3v) is 4.53. The number of rotatable bonds is 5. The Bertz CT molecular complexity index is 447. The molecule has 1 unspecified atom stereocenters. The Kier molecular flexibility index (Phi) is 4.81. The molecule has 1 aliphatic rings. The highest BCUT2D eigenvalue weighted by molar-refractivity contribution is 5.75. The summed E-state index contributed by atoms with van der Waals surface area (Å²) in [5, 5.41) is 12.7. The summed E-state index contributed by atoms with van der Waals surface area (Å²) < 4.78 is 0. The van der Waals surface area contributed by atoms with E-state index in [4.69, 9.17) is 5.11 Å². The largest absolute Gasteiger partial charge is 0.481 e. The first-order valence-corrected chi connectivity index (χ1v) is 7.57. The SMILES string of the molecule is CC(C(=O)O)c1ccc(CNC2(C)CCCCC2)cc1. The summed E-state index contributed by atoms with van der Waals surface area (Å²) in [6, 6.07) is 7.93. The maximum absolute atomic E-state index is 10.9. The Morgan fingerprint density at radius 3 is 2.40 bits per heavy atom. The van der Waals surface area contributed by atoms with Crippen molar-refractivity contribution in [3.05, 3.63) is 35.4 Å². The van der Waals surface area contributed by atoms with Crippen molar-refractivity contribution in [2.75, 3.05) is 0 Å². The molecule has 1 fully saturated rings. The molecule has 0 heterocycles. The lowest BCUT2D eigenvalue weighted by atomic mass is 9.83. The van der Waals surface area contributed by atoms with E-state index in [0.717, 1.165) is 12.1 Å². The number of aliphatic carboxylic acids is 1. The molecule has 0 aliphatic heterocycles. The molecule has 2 N–H and O–H groups in total. The van der Waals surface area contributed by atoms with Crippen LogP contribution in [0.1, 0.15) is 63.0 Å². The highest BCUT2D eigenvalue weighted by atomic mass is 16.4. The van der Waals surface area contributed by atoms with E-state index >= 15 is 0 Å². The number of benzene rings is 1. The first-order chi connectivity index (χ1) is 9.50. The van der Waals surface area contributed by atoms with Crippen LogP contribution in [0.4, 0.5) is 0 Å². The Balaban J connectivity index is 1.92. The van der Waals surface area contributed by atoms with Crippen molar-refractivity contribution in [3.63, 3.8) is 0 Å². The molecule has 3 nitrogen and oxygen atoms in total. The van der Waals surface area contributed by atoms with E-state index in [9.17, 15) is 4.79 Å². The van der Waals surface area contributed by atoms with Gasteiger partial charge in [-0.3, -0.25) is 4.79 Å². The fraction of sp³-hybridized carbons (Fsp3) is 0.588. The van der Waals surface area contributed by atoms with Crippen LogP contribution in [0.25, 0.3) is 0 Å². The van der Waals surface area contributed by atoms with Gasteiger partial charge >= 0.3 is 5.97 Å². The fourth-order valence-corrected chi connectivity index (χ4v) is 2.89. The van der Waals surface area contributed by atoms with Gasteiger partial charge < -0.3 is 10.4 Å². The molecule has 0 radical (unpaired) electrons. The summed E-state index contributed by atoms with van der Waals surface area (Å²) >= 11 is 0. The molecule has 0 saturated heterocycles. The van der Waals surface area contributed by atoms with Crippen molar-refractivity contribution in [1.82, 2.24) is 5.32 Å². The van der Waals surface area contributed by atoms with Gasteiger partial charge in [0.25, 0.3) is 0 Å². The zero-order chi connectivity index (χ0) is 14.6. The van der Waals surface area contributed by atoms with Crippen LogP contribution in [-0.4, -0.2) is 16.6 Å². The molecule has 3 heteroatoms. The van der Waals surface area contributed by atoms with Crippen molar-refractivity contribution in [1.29, 1.82) is 0 Å². The number of carbonyl (C=O) groups is 1. The van der Waals surface area contributed by atoms with Gasteiger partial charge in [-0.25, -0.2) is 0 Å². The van der Waals surface area contributed by atoms with Crippen molar-refractivity contribution in [2.24, 2.45) is 0 Å². The van der Waals surface area contributed by atoms with Crippen molar-refractivity contribution < 1.29 is 9.90 Å². The minimum atomic E-state index is -0.773. The molecule has 1 atom stereocenters. The van der Waals surface area contributed by atoms with Gasteiger partial charge in [0.2, 0.25) is 0 Å². The molecular weight excluding hydrogens is 250 g/mol. The molecule has 1 aromatic rings. The number of hydrogen-bond donors (Lipinski definition) is 2. The van der Waals surface area contributed by atoms with E-state index in [1.54, 1.807) is 6.92 Å². The summed E-state index contributed by atoms with van der Waals surface area (Å²) in [5.74, 6) is -1.21. The zero-order valence-electron chi connectivity index (χ0n) is 12.5. The second kappa shape index (κ2) is 6.40. The van der Waals surface area contributed by atoms with E-state index < -0.39 is 11.9 Å². The average molecular weight is 275 g/mol. The summed E-state index contributed by atoms with van der Waals surface area (Å²) in [5.41, 5.74) is 2.36. The van der Waals surface area contributed by atoms with Gasteiger partial charge in [-0.1, -0.05) is 43.5 Å². The van der Waals surface area contributed by atoms with Crippen LogP contribution >= 0.6 is 0 Å². The summed E-state index contributed by atoms with van der Waals surface area (Å²) in [4.78, 5) is 10.9. The Labute approximate surface area is 121 Å². The predicted octanol–water partition coefficient (Wildman–Crippen LogP) is 3.69. The van der Waals surface area contributed by atoms with Crippen LogP contribution in [0.3, 0.4) is 0 Å². The van der Waals surface area contributed by atoms with E-state index in [1.807, 2.05) is 24.3 Å². The minimum Gasteiger partial charge on any atom is -0.481 e. The first-order valence-electron chi connectivity index (χ1n) is 7.57.